The Labute approximate surface area is 151 Å². The quantitative estimate of drug-likeness (QED) is 0.561. The smallest absolute Gasteiger partial charge is 0.332 e. The predicted octanol–water partition coefficient (Wildman–Crippen LogP) is 4.34. The second kappa shape index (κ2) is 8.19. The van der Waals surface area contributed by atoms with Crippen molar-refractivity contribution in [1.29, 1.82) is 0 Å². The van der Waals surface area contributed by atoms with Gasteiger partial charge in [-0.05, 0) is 51.8 Å². The topological polar surface area (TPSA) is 76.7 Å². The number of carbonyl (C=O) groups is 1. The van der Waals surface area contributed by atoms with Crippen molar-refractivity contribution in [3.05, 3.63) is 62.0 Å². The number of nitrogens with zero attached hydrogens (tertiary/aromatic N) is 1. The van der Waals surface area contributed by atoms with Gasteiger partial charge in [-0.1, -0.05) is 29.3 Å². The molecular weight excluding hydrogens is 405 g/mol. The van der Waals surface area contributed by atoms with Crippen LogP contribution in [0.1, 0.15) is 11.1 Å². The van der Waals surface area contributed by atoms with Gasteiger partial charge >= 0.3 is 6.03 Å². The maximum absolute atomic E-state index is 10.5. The number of primary amides is 1. The molecule has 0 fully saturated rings. The molecule has 2 amide bonds. The third-order valence-corrected chi connectivity index (χ3v) is 3.95. The summed E-state index contributed by atoms with van der Waals surface area (Å²) in [6.45, 7) is 0.311. The lowest BCUT2D eigenvalue weighted by Gasteiger charge is -2.10. The van der Waals surface area contributed by atoms with Crippen LogP contribution in [0.4, 0.5) is 4.79 Å². The maximum Gasteiger partial charge on any atom is 0.332 e. The monoisotopic (exact) mass is 415 g/mol. The van der Waals surface area contributed by atoms with Crippen molar-refractivity contribution in [2.75, 3.05) is 0 Å². The SMILES string of the molecule is NC(=O)N/N=C\c1ccc(OCc2ccc(Cl)cc2Cl)c(Br)c1. The van der Waals surface area contributed by atoms with Crippen molar-refractivity contribution in [2.45, 2.75) is 6.61 Å². The summed E-state index contributed by atoms with van der Waals surface area (Å²) in [6.07, 6.45) is 1.47. The molecule has 0 saturated heterocycles. The zero-order valence-corrected chi connectivity index (χ0v) is 14.8. The fraction of sp³-hybridized carbons (Fsp3) is 0.0667. The summed E-state index contributed by atoms with van der Waals surface area (Å²) in [5.74, 6) is 0.649. The van der Waals surface area contributed by atoms with Gasteiger partial charge in [0.1, 0.15) is 12.4 Å². The molecule has 0 aliphatic heterocycles. The maximum atomic E-state index is 10.5. The lowest BCUT2D eigenvalue weighted by Crippen LogP contribution is -2.24. The van der Waals surface area contributed by atoms with Crippen molar-refractivity contribution >= 4 is 51.4 Å². The number of benzene rings is 2. The van der Waals surface area contributed by atoms with Crippen LogP contribution in [0.25, 0.3) is 0 Å². The number of nitrogens with one attached hydrogen (secondary N) is 1. The van der Waals surface area contributed by atoms with Crippen LogP contribution in [0.3, 0.4) is 0 Å². The third kappa shape index (κ3) is 5.42. The lowest BCUT2D eigenvalue weighted by molar-refractivity contribution is 0.249. The fourth-order valence-corrected chi connectivity index (χ4v) is 2.65. The Bertz CT molecular complexity index is 753. The van der Waals surface area contributed by atoms with Gasteiger partial charge < -0.3 is 10.5 Å². The highest BCUT2D eigenvalue weighted by molar-refractivity contribution is 9.10. The largest absolute Gasteiger partial charge is 0.488 e. The van der Waals surface area contributed by atoms with Gasteiger partial charge in [-0.2, -0.15) is 5.10 Å². The first-order valence-electron chi connectivity index (χ1n) is 6.40. The fourth-order valence-electron chi connectivity index (χ4n) is 1.68. The standard InChI is InChI=1S/C15H12BrCl2N3O2/c16-12-5-9(7-20-21-15(19)22)1-4-14(12)23-8-10-2-3-11(17)6-13(10)18/h1-7H,8H2,(H3,19,21,22)/b20-7-. The van der Waals surface area contributed by atoms with Crippen LogP contribution in [0.5, 0.6) is 5.75 Å². The lowest BCUT2D eigenvalue weighted by atomic mass is 10.2. The average Bonchev–Trinajstić information content (AvgIpc) is 2.47. The summed E-state index contributed by atoms with van der Waals surface area (Å²) in [7, 11) is 0. The highest BCUT2D eigenvalue weighted by atomic mass is 79.9. The molecule has 0 spiro atoms. The van der Waals surface area contributed by atoms with Gasteiger partial charge in [0.2, 0.25) is 0 Å². The Morgan fingerprint density at radius 1 is 1.30 bits per heavy atom. The third-order valence-electron chi connectivity index (χ3n) is 2.74. The van der Waals surface area contributed by atoms with Gasteiger partial charge in [0.05, 0.1) is 10.7 Å². The van der Waals surface area contributed by atoms with Crippen LogP contribution >= 0.6 is 39.1 Å². The Morgan fingerprint density at radius 2 is 2.09 bits per heavy atom. The summed E-state index contributed by atoms with van der Waals surface area (Å²) in [5, 5.41) is 4.81. The molecule has 0 radical (unpaired) electrons. The van der Waals surface area contributed by atoms with Crippen molar-refractivity contribution in [3.8, 4) is 5.75 Å². The molecule has 2 aromatic rings. The molecule has 0 unspecified atom stereocenters. The van der Waals surface area contributed by atoms with E-state index in [4.69, 9.17) is 33.7 Å². The molecule has 2 aromatic carbocycles. The highest BCUT2D eigenvalue weighted by Gasteiger charge is 2.06. The van der Waals surface area contributed by atoms with Gasteiger partial charge in [-0.15, -0.1) is 0 Å². The predicted molar refractivity (Wildman–Crippen MR) is 95.2 cm³/mol. The summed E-state index contributed by atoms with van der Waals surface area (Å²) in [6, 6.07) is 9.88. The van der Waals surface area contributed by atoms with E-state index in [-0.39, 0.29) is 0 Å². The van der Waals surface area contributed by atoms with E-state index >= 15 is 0 Å². The first kappa shape index (κ1) is 17.6. The molecule has 0 bridgehead atoms. The zero-order valence-electron chi connectivity index (χ0n) is 11.7. The number of rotatable bonds is 5. The Hall–Kier alpha value is -1.76. The van der Waals surface area contributed by atoms with Crippen molar-refractivity contribution in [1.82, 2.24) is 5.43 Å². The van der Waals surface area contributed by atoms with E-state index in [1.54, 1.807) is 30.3 Å². The average molecular weight is 417 g/mol. The molecule has 0 saturated carbocycles. The van der Waals surface area contributed by atoms with Gasteiger partial charge in [0.25, 0.3) is 0 Å². The number of amides is 2. The minimum absolute atomic E-state index is 0.311. The van der Waals surface area contributed by atoms with Crippen molar-refractivity contribution in [3.63, 3.8) is 0 Å². The van der Waals surface area contributed by atoms with Gasteiger partial charge in [-0.3, -0.25) is 0 Å². The van der Waals surface area contributed by atoms with Gasteiger partial charge in [-0.25, -0.2) is 10.2 Å². The van der Waals surface area contributed by atoms with Crippen LogP contribution in [-0.2, 0) is 6.61 Å². The number of nitrogens with two attached hydrogens (primary N) is 1. The molecule has 0 heterocycles. The van der Waals surface area contributed by atoms with E-state index in [9.17, 15) is 4.79 Å². The molecule has 3 N–H and O–H groups in total. The molecule has 2 rings (SSSR count). The number of hydrogen-bond donors (Lipinski definition) is 2. The Balaban J connectivity index is 2.03. The summed E-state index contributed by atoms with van der Waals surface area (Å²) in [4.78, 5) is 10.5. The first-order valence-corrected chi connectivity index (χ1v) is 7.95. The molecule has 8 heteroatoms. The summed E-state index contributed by atoms with van der Waals surface area (Å²) >= 11 is 15.4. The van der Waals surface area contributed by atoms with Gasteiger partial charge in [0.15, 0.2) is 0 Å². The van der Waals surface area contributed by atoms with E-state index in [1.165, 1.54) is 6.21 Å². The van der Waals surface area contributed by atoms with Crippen molar-refractivity contribution < 1.29 is 9.53 Å². The van der Waals surface area contributed by atoms with E-state index < -0.39 is 6.03 Å². The van der Waals surface area contributed by atoms with Crippen LogP contribution in [0.2, 0.25) is 10.0 Å². The Morgan fingerprint density at radius 3 is 2.74 bits per heavy atom. The molecule has 0 aliphatic rings. The summed E-state index contributed by atoms with van der Waals surface area (Å²) < 4.78 is 6.47. The second-order valence-corrected chi connectivity index (χ2v) is 6.15. The van der Waals surface area contributed by atoms with Crippen LogP contribution in [0.15, 0.2) is 46.0 Å². The van der Waals surface area contributed by atoms with Gasteiger partial charge in [0, 0.05) is 15.6 Å². The molecular formula is C15H12BrCl2N3O2. The van der Waals surface area contributed by atoms with E-state index in [2.05, 4.69) is 26.5 Å². The number of hydrogen-bond acceptors (Lipinski definition) is 3. The number of ether oxygens (including phenoxy) is 1. The van der Waals surface area contributed by atoms with Crippen LogP contribution < -0.4 is 15.9 Å². The first-order chi connectivity index (χ1) is 11.0. The molecule has 0 aromatic heterocycles. The molecule has 5 nitrogen and oxygen atoms in total. The molecule has 0 aliphatic carbocycles. The number of carbonyl (C=O) groups excluding carboxylic acids is 1. The highest BCUT2D eigenvalue weighted by Crippen LogP contribution is 2.28. The minimum atomic E-state index is -0.722. The molecule has 23 heavy (non-hydrogen) atoms. The summed E-state index contributed by atoms with van der Waals surface area (Å²) in [5.41, 5.74) is 8.64. The minimum Gasteiger partial charge on any atom is -0.488 e. The van der Waals surface area contributed by atoms with E-state index in [0.29, 0.717) is 22.4 Å². The van der Waals surface area contributed by atoms with Crippen molar-refractivity contribution in [2.24, 2.45) is 10.8 Å². The van der Waals surface area contributed by atoms with Crippen LogP contribution in [0, 0.1) is 0 Å². The molecule has 120 valence electrons. The van der Waals surface area contributed by atoms with E-state index in [1.807, 2.05) is 6.07 Å². The number of urea groups is 1. The number of halogens is 3. The Kier molecular flexibility index (Phi) is 6.27. The molecule has 0 atom stereocenters. The number of hydrazone groups is 1. The van der Waals surface area contributed by atoms with Crippen LogP contribution in [-0.4, -0.2) is 12.2 Å². The van der Waals surface area contributed by atoms with E-state index in [0.717, 1.165) is 15.6 Å². The normalized spacial score (nSPS) is 10.7. The second-order valence-electron chi connectivity index (χ2n) is 4.45. The zero-order chi connectivity index (χ0) is 16.8.